The Hall–Kier alpha value is -2.70. The molecule has 1 atom stereocenters. The molecule has 8 nitrogen and oxygen atoms in total. The quantitative estimate of drug-likeness (QED) is 0.729. The number of amides is 1. The summed E-state index contributed by atoms with van der Waals surface area (Å²) in [7, 11) is -3.29. The average Bonchev–Trinajstić information content (AvgIpc) is 3.39. The fourth-order valence-electron chi connectivity index (χ4n) is 3.73. The number of aromatic nitrogens is 3. The van der Waals surface area contributed by atoms with Gasteiger partial charge in [0.1, 0.15) is 6.04 Å². The molecule has 9 heteroatoms. The number of hydrogen-bond acceptors (Lipinski definition) is 5. The standard InChI is InChI=1S/C21H25N5O3S/c1-17(20(27)22-13-5-9-18-7-3-2-4-8-18)26-16-19(23-24-26)15-25-14-6-10-21(11-12-21)30(25,28)29/h2-4,7-8,16-17H,6,10-15H2,1H3,(H,22,27). The molecule has 2 aromatic rings. The lowest BCUT2D eigenvalue weighted by molar-refractivity contribution is -0.123. The molecule has 4 rings (SSSR count). The molecule has 1 aromatic heterocycles. The van der Waals surface area contributed by atoms with Gasteiger partial charge in [-0.05, 0) is 44.7 Å². The predicted octanol–water partition coefficient (Wildman–Crippen LogP) is 1.47. The van der Waals surface area contributed by atoms with Crippen LogP contribution in [0.4, 0.5) is 0 Å². The summed E-state index contributed by atoms with van der Waals surface area (Å²) in [4.78, 5) is 12.4. The second kappa shape index (κ2) is 8.20. The van der Waals surface area contributed by atoms with Crippen LogP contribution in [0.1, 0.15) is 49.9 Å². The average molecular weight is 428 g/mol. The van der Waals surface area contributed by atoms with Gasteiger partial charge >= 0.3 is 0 Å². The maximum atomic E-state index is 12.8. The zero-order valence-corrected chi connectivity index (χ0v) is 17.7. The number of carbonyl (C=O) groups is 1. The number of rotatable bonds is 5. The predicted molar refractivity (Wildman–Crippen MR) is 112 cm³/mol. The van der Waals surface area contributed by atoms with Crippen molar-refractivity contribution in [2.24, 2.45) is 0 Å². The van der Waals surface area contributed by atoms with E-state index in [2.05, 4.69) is 27.5 Å². The largest absolute Gasteiger partial charge is 0.343 e. The molecule has 0 radical (unpaired) electrons. The molecule has 1 saturated carbocycles. The molecule has 2 heterocycles. The van der Waals surface area contributed by atoms with E-state index in [4.69, 9.17) is 0 Å². The van der Waals surface area contributed by atoms with Crippen LogP contribution in [0.5, 0.6) is 0 Å². The second-order valence-corrected chi connectivity index (χ2v) is 10.2. The molecular weight excluding hydrogens is 402 g/mol. The van der Waals surface area contributed by atoms with Gasteiger partial charge in [0.15, 0.2) is 0 Å². The van der Waals surface area contributed by atoms with Gasteiger partial charge in [-0.15, -0.1) is 5.10 Å². The Morgan fingerprint density at radius 1 is 1.27 bits per heavy atom. The van der Waals surface area contributed by atoms with E-state index in [1.165, 1.54) is 8.99 Å². The minimum atomic E-state index is -3.29. The van der Waals surface area contributed by atoms with Crippen LogP contribution in [0.3, 0.4) is 0 Å². The lowest BCUT2D eigenvalue weighted by Crippen LogP contribution is -2.44. The van der Waals surface area contributed by atoms with Gasteiger partial charge in [-0.1, -0.05) is 35.3 Å². The summed E-state index contributed by atoms with van der Waals surface area (Å²) in [6.45, 7) is 2.65. The summed E-state index contributed by atoms with van der Waals surface area (Å²) in [5.41, 5.74) is 1.43. The van der Waals surface area contributed by atoms with Crippen molar-refractivity contribution in [3.8, 4) is 11.8 Å². The van der Waals surface area contributed by atoms with E-state index < -0.39 is 20.8 Å². The van der Waals surface area contributed by atoms with Gasteiger partial charge < -0.3 is 5.32 Å². The van der Waals surface area contributed by atoms with E-state index >= 15 is 0 Å². The molecule has 1 aliphatic heterocycles. The Kier molecular flexibility index (Phi) is 5.62. The molecule has 1 unspecified atom stereocenters. The number of hydrogen-bond donors (Lipinski definition) is 1. The maximum Gasteiger partial charge on any atom is 0.245 e. The molecule has 1 aliphatic carbocycles. The van der Waals surface area contributed by atoms with E-state index in [1.807, 2.05) is 30.3 Å². The molecule has 1 amide bonds. The van der Waals surface area contributed by atoms with Crippen LogP contribution in [-0.2, 0) is 21.4 Å². The molecule has 158 valence electrons. The summed E-state index contributed by atoms with van der Waals surface area (Å²) >= 11 is 0. The minimum absolute atomic E-state index is 0.195. The normalized spacial score (nSPS) is 20.2. The van der Waals surface area contributed by atoms with Crippen LogP contribution in [0.15, 0.2) is 36.5 Å². The third kappa shape index (κ3) is 4.11. The molecule has 2 aliphatic rings. The molecule has 1 aromatic carbocycles. The highest BCUT2D eigenvalue weighted by Gasteiger charge is 2.58. The van der Waals surface area contributed by atoms with Gasteiger partial charge in [0, 0.05) is 12.1 Å². The molecule has 0 bridgehead atoms. The molecule has 2 fully saturated rings. The summed E-state index contributed by atoms with van der Waals surface area (Å²) in [6.07, 6.45) is 4.77. The Morgan fingerprint density at radius 2 is 2.03 bits per heavy atom. The van der Waals surface area contributed by atoms with Crippen molar-refractivity contribution in [3.05, 3.63) is 47.8 Å². The number of nitrogens with zero attached hydrogens (tertiary/aromatic N) is 4. The van der Waals surface area contributed by atoms with Crippen molar-refractivity contribution in [2.75, 3.05) is 13.1 Å². The molecule has 1 saturated heterocycles. The first-order valence-electron chi connectivity index (χ1n) is 10.1. The molecule has 1 spiro atoms. The van der Waals surface area contributed by atoms with Crippen molar-refractivity contribution in [2.45, 2.75) is 49.9 Å². The van der Waals surface area contributed by atoms with Crippen molar-refractivity contribution in [3.63, 3.8) is 0 Å². The van der Waals surface area contributed by atoms with Gasteiger partial charge in [-0.3, -0.25) is 4.79 Å². The number of benzene rings is 1. The molecular formula is C21H25N5O3S. The van der Waals surface area contributed by atoms with Gasteiger partial charge in [0.2, 0.25) is 15.9 Å². The summed E-state index contributed by atoms with van der Waals surface area (Å²) < 4.78 is 28.0. The van der Waals surface area contributed by atoms with Crippen LogP contribution >= 0.6 is 0 Å². The van der Waals surface area contributed by atoms with Gasteiger partial charge in [0.25, 0.3) is 0 Å². The monoisotopic (exact) mass is 427 g/mol. The summed E-state index contributed by atoms with van der Waals surface area (Å²) in [5.74, 6) is 5.68. The highest BCUT2D eigenvalue weighted by Crippen LogP contribution is 2.51. The fraction of sp³-hybridized carbons (Fsp3) is 0.476. The Balaban J connectivity index is 1.33. The Bertz CT molecular complexity index is 1080. The fourth-order valence-corrected chi connectivity index (χ4v) is 5.97. The first kappa shape index (κ1) is 20.6. The van der Waals surface area contributed by atoms with Gasteiger partial charge in [0.05, 0.1) is 29.7 Å². The Labute approximate surface area is 176 Å². The van der Waals surface area contributed by atoms with Crippen LogP contribution in [0, 0.1) is 11.8 Å². The molecule has 30 heavy (non-hydrogen) atoms. The van der Waals surface area contributed by atoms with Gasteiger partial charge in [-0.25, -0.2) is 13.1 Å². The third-order valence-electron chi connectivity index (χ3n) is 5.76. The SMILES string of the molecule is CC(C(=O)NCC#Cc1ccccc1)n1cc(CN2CCCC3(CC3)S2(=O)=O)nn1. The number of sulfonamides is 1. The minimum Gasteiger partial charge on any atom is -0.343 e. The number of carbonyl (C=O) groups excluding carboxylic acids is 1. The lowest BCUT2D eigenvalue weighted by atomic mass is 10.2. The maximum absolute atomic E-state index is 12.8. The second-order valence-electron chi connectivity index (χ2n) is 7.88. The van der Waals surface area contributed by atoms with Crippen LogP contribution in [0.2, 0.25) is 0 Å². The van der Waals surface area contributed by atoms with Crippen molar-refractivity contribution >= 4 is 15.9 Å². The van der Waals surface area contributed by atoms with E-state index in [1.54, 1.807) is 13.1 Å². The molecule has 1 N–H and O–H groups in total. The van der Waals surface area contributed by atoms with Gasteiger partial charge in [-0.2, -0.15) is 4.31 Å². The van der Waals surface area contributed by atoms with E-state index in [9.17, 15) is 13.2 Å². The smallest absolute Gasteiger partial charge is 0.245 e. The van der Waals surface area contributed by atoms with E-state index in [-0.39, 0.29) is 19.0 Å². The topological polar surface area (TPSA) is 97.2 Å². The van der Waals surface area contributed by atoms with Crippen LogP contribution in [0.25, 0.3) is 0 Å². The van der Waals surface area contributed by atoms with Crippen molar-refractivity contribution in [1.29, 1.82) is 0 Å². The van der Waals surface area contributed by atoms with E-state index in [0.29, 0.717) is 12.2 Å². The summed E-state index contributed by atoms with van der Waals surface area (Å²) in [6, 6.07) is 8.98. The lowest BCUT2D eigenvalue weighted by Gasteiger charge is -2.31. The zero-order valence-electron chi connectivity index (χ0n) is 16.9. The Morgan fingerprint density at radius 3 is 2.77 bits per heavy atom. The third-order valence-corrected chi connectivity index (χ3v) is 8.46. The van der Waals surface area contributed by atoms with Crippen LogP contribution < -0.4 is 5.32 Å². The van der Waals surface area contributed by atoms with E-state index in [0.717, 1.165) is 31.2 Å². The van der Waals surface area contributed by atoms with Crippen LogP contribution in [-0.4, -0.2) is 51.5 Å². The first-order chi connectivity index (χ1) is 14.4. The first-order valence-corrected chi connectivity index (χ1v) is 11.6. The number of nitrogens with one attached hydrogen (secondary N) is 1. The summed E-state index contributed by atoms with van der Waals surface area (Å²) in [5, 5.41) is 10.9. The highest BCUT2D eigenvalue weighted by molar-refractivity contribution is 7.90. The zero-order chi connectivity index (χ0) is 21.2. The van der Waals surface area contributed by atoms with Crippen molar-refractivity contribution < 1.29 is 13.2 Å². The van der Waals surface area contributed by atoms with Crippen molar-refractivity contribution in [1.82, 2.24) is 24.6 Å². The highest BCUT2D eigenvalue weighted by atomic mass is 32.2.